The highest BCUT2D eigenvalue weighted by atomic mass is 15.1. The van der Waals surface area contributed by atoms with Crippen molar-refractivity contribution in [2.24, 2.45) is 0 Å². The number of nitrogens with one attached hydrogen (secondary N) is 2. The SMILES string of the molecule is CC(Nc1ncnc2[nH]c(-c3cccc(CN4CCCC4)c3)cc12)c1ccccc1. The molecular weight excluding hydrogens is 370 g/mol. The standard InChI is InChI=1S/C25H27N5/c1-18(20-9-3-2-4-10-20)28-24-22-15-23(29-25(22)27-17-26-24)21-11-7-8-19(14-21)16-30-12-5-6-13-30/h2-4,7-11,14-15,17-18H,5-6,12-13,16H2,1H3,(H2,26,27,28,29). The van der Waals surface area contributed by atoms with Crippen molar-refractivity contribution in [3.8, 4) is 11.3 Å². The van der Waals surface area contributed by atoms with Gasteiger partial charge in [-0.15, -0.1) is 0 Å². The van der Waals surface area contributed by atoms with E-state index in [4.69, 9.17) is 0 Å². The van der Waals surface area contributed by atoms with Crippen molar-refractivity contribution in [1.29, 1.82) is 0 Å². The van der Waals surface area contributed by atoms with E-state index in [9.17, 15) is 0 Å². The smallest absolute Gasteiger partial charge is 0.143 e. The normalized spacial score (nSPS) is 15.5. The van der Waals surface area contributed by atoms with Crippen LogP contribution >= 0.6 is 0 Å². The fourth-order valence-corrected chi connectivity index (χ4v) is 4.28. The van der Waals surface area contributed by atoms with Crippen molar-refractivity contribution in [3.05, 3.63) is 78.1 Å². The summed E-state index contributed by atoms with van der Waals surface area (Å²) in [6, 6.07) is 21.6. The molecule has 5 heteroatoms. The van der Waals surface area contributed by atoms with E-state index >= 15 is 0 Å². The van der Waals surface area contributed by atoms with Gasteiger partial charge in [-0.05, 0) is 61.7 Å². The third-order valence-corrected chi connectivity index (χ3v) is 5.92. The molecule has 2 aromatic heterocycles. The Morgan fingerprint density at radius 3 is 2.67 bits per heavy atom. The van der Waals surface area contributed by atoms with E-state index < -0.39 is 0 Å². The van der Waals surface area contributed by atoms with Gasteiger partial charge in [-0.2, -0.15) is 0 Å². The lowest BCUT2D eigenvalue weighted by Gasteiger charge is -2.15. The van der Waals surface area contributed by atoms with Gasteiger partial charge in [-0.3, -0.25) is 4.90 Å². The van der Waals surface area contributed by atoms with Crippen LogP contribution in [0.4, 0.5) is 5.82 Å². The van der Waals surface area contributed by atoms with Crippen LogP contribution in [0, 0.1) is 0 Å². The lowest BCUT2D eigenvalue weighted by Crippen LogP contribution is -2.18. The van der Waals surface area contributed by atoms with Gasteiger partial charge >= 0.3 is 0 Å². The second-order valence-electron chi connectivity index (χ2n) is 8.13. The van der Waals surface area contributed by atoms with Crippen LogP contribution in [0.1, 0.15) is 36.9 Å². The number of nitrogens with zero attached hydrogens (tertiary/aromatic N) is 3. The van der Waals surface area contributed by atoms with Gasteiger partial charge in [0.05, 0.1) is 5.39 Å². The van der Waals surface area contributed by atoms with Crippen LogP contribution in [0.5, 0.6) is 0 Å². The third-order valence-electron chi connectivity index (χ3n) is 5.92. The van der Waals surface area contributed by atoms with Crippen LogP contribution in [0.25, 0.3) is 22.3 Å². The first-order chi connectivity index (χ1) is 14.8. The number of H-pyrrole nitrogens is 1. The Balaban J connectivity index is 1.42. The third kappa shape index (κ3) is 3.94. The Morgan fingerprint density at radius 1 is 1.00 bits per heavy atom. The Hall–Kier alpha value is -3.18. The highest BCUT2D eigenvalue weighted by Gasteiger charge is 2.14. The number of rotatable bonds is 6. The lowest BCUT2D eigenvalue weighted by molar-refractivity contribution is 0.331. The van der Waals surface area contributed by atoms with E-state index in [1.165, 1.54) is 42.6 Å². The molecule has 1 unspecified atom stereocenters. The molecule has 1 saturated heterocycles. The molecule has 4 aromatic rings. The maximum absolute atomic E-state index is 4.52. The number of aromatic amines is 1. The molecule has 0 bridgehead atoms. The minimum Gasteiger partial charge on any atom is -0.363 e. The summed E-state index contributed by atoms with van der Waals surface area (Å²) in [5.41, 5.74) is 5.70. The van der Waals surface area contributed by atoms with Gasteiger partial charge < -0.3 is 10.3 Å². The zero-order chi connectivity index (χ0) is 20.3. The second kappa shape index (κ2) is 8.28. The Labute approximate surface area is 177 Å². The number of benzene rings is 2. The van der Waals surface area contributed by atoms with E-state index in [1.807, 2.05) is 6.07 Å². The number of fused-ring (bicyclic) bond motifs is 1. The molecule has 0 saturated carbocycles. The van der Waals surface area contributed by atoms with Crippen LogP contribution < -0.4 is 5.32 Å². The average Bonchev–Trinajstić information content (AvgIpc) is 3.45. The highest BCUT2D eigenvalue weighted by Crippen LogP contribution is 2.29. The van der Waals surface area contributed by atoms with Crippen LogP contribution in [0.3, 0.4) is 0 Å². The van der Waals surface area contributed by atoms with Crippen molar-refractivity contribution in [2.45, 2.75) is 32.4 Å². The predicted octanol–water partition coefficient (Wildman–Crippen LogP) is 5.39. The summed E-state index contributed by atoms with van der Waals surface area (Å²) in [5.74, 6) is 0.854. The quantitative estimate of drug-likeness (QED) is 0.458. The zero-order valence-corrected chi connectivity index (χ0v) is 17.3. The molecule has 3 heterocycles. The molecule has 2 N–H and O–H groups in total. The molecule has 30 heavy (non-hydrogen) atoms. The predicted molar refractivity (Wildman–Crippen MR) is 122 cm³/mol. The molecule has 0 amide bonds. The molecule has 0 aliphatic carbocycles. The molecule has 1 fully saturated rings. The first-order valence-electron chi connectivity index (χ1n) is 10.7. The summed E-state index contributed by atoms with van der Waals surface area (Å²) in [6.45, 7) is 5.59. The van der Waals surface area contributed by atoms with Gasteiger partial charge in [0.1, 0.15) is 17.8 Å². The summed E-state index contributed by atoms with van der Waals surface area (Å²) in [7, 11) is 0. The molecule has 1 aliphatic rings. The van der Waals surface area contributed by atoms with E-state index in [0.29, 0.717) is 0 Å². The number of aromatic nitrogens is 3. The van der Waals surface area contributed by atoms with Crippen LogP contribution in [-0.4, -0.2) is 32.9 Å². The fraction of sp³-hybridized carbons (Fsp3) is 0.280. The second-order valence-corrected chi connectivity index (χ2v) is 8.13. The minimum absolute atomic E-state index is 0.159. The molecule has 152 valence electrons. The Bertz CT molecular complexity index is 1130. The number of hydrogen-bond acceptors (Lipinski definition) is 4. The van der Waals surface area contributed by atoms with E-state index in [0.717, 1.165) is 29.1 Å². The topological polar surface area (TPSA) is 56.8 Å². The summed E-state index contributed by atoms with van der Waals surface area (Å²) < 4.78 is 0. The largest absolute Gasteiger partial charge is 0.363 e. The van der Waals surface area contributed by atoms with Crippen molar-refractivity contribution < 1.29 is 0 Å². The zero-order valence-electron chi connectivity index (χ0n) is 17.3. The van der Waals surface area contributed by atoms with Gasteiger partial charge in [0.15, 0.2) is 0 Å². The molecule has 1 aliphatic heterocycles. The number of anilines is 1. The molecular formula is C25H27N5. The van der Waals surface area contributed by atoms with Crippen molar-refractivity contribution in [2.75, 3.05) is 18.4 Å². The fourth-order valence-electron chi connectivity index (χ4n) is 4.28. The Morgan fingerprint density at radius 2 is 1.83 bits per heavy atom. The maximum Gasteiger partial charge on any atom is 0.143 e. The highest BCUT2D eigenvalue weighted by molar-refractivity contribution is 5.91. The average molecular weight is 398 g/mol. The molecule has 0 radical (unpaired) electrons. The van der Waals surface area contributed by atoms with Gasteiger partial charge in [-0.25, -0.2) is 9.97 Å². The lowest BCUT2D eigenvalue weighted by atomic mass is 10.1. The van der Waals surface area contributed by atoms with E-state index in [2.05, 4.69) is 86.7 Å². The molecule has 5 nitrogen and oxygen atoms in total. The summed E-state index contributed by atoms with van der Waals surface area (Å²) in [4.78, 5) is 15.0. The van der Waals surface area contributed by atoms with Gasteiger partial charge in [0.25, 0.3) is 0 Å². The number of hydrogen-bond donors (Lipinski definition) is 2. The van der Waals surface area contributed by atoms with Gasteiger partial charge in [0, 0.05) is 18.3 Å². The summed E-state index contributed by atoms with van der Waals surface area (Å²) in [6.07, 6.45) is 4.25. The Kier molecular flexibility index (Phi) is 5.20. The van der Waals surface area contributed by atoms with E-state index in [-0.39, 0.29) is 6.04 Å². The molecule has 1 atom stereocenters. The van der Waals surface area contributed by atoms with E-state index in [1.54, 1.807) is 6.33 Å². The van der Waals surface area contributed by atoms with Gasteiger partial charge in [0.2, 0.25) is 0 Å². The first kappa shape index (κ1) is 18.8. The monoisotopic (exact) mass is 397 g/mol. The van der Waals surface area contributed by atoms with Crippen LogP contribution in [-0.2, 0) is 6.54 Å². The van der Waals surface area contributed by atoms with Crippen LogP contribution in [0.2, 0.25) is 0 Å². The van der Waals surface area contributed by atoms with Crippen molar-refractivity contribution in [3.63, 3.8) is 0 Å². The van der Waals surface area contributed by atoms with Gasteiger partial charge in [-0.1, -0.05) is 48.5 Å². The molecule has 2 aromatic carbocycles. The molecule has 0 spiro atoms. The molecule has 5 rings (SSSR count). The summed E-state index contributed by atoms with van der Waals surface area (Å²) >= 11 is 0. The minimum atomic E-state index is 0.159. The maximum atomic E-state index is 4.52. The first-order valence-corrected chi connectivity index (χ1v) is 10.7. The van der Waals surface area contributed by atoms with Crippen molar-refractivity contribution >= 4 is 16.9 Å². The van der Waals surface area contributed by atoms with Crippen molar-refractivity contribution in [1.82, 2.24) is 19.9 Å². The van der Waals surface area contributed by atoms with Crippen LogP contribution in [0.15, 0.2) is 67.0 Å². The summed E-state index contributed by atoms with van der Waals surface area (Å²) in [5, 5.41) is 4.56. The number of likely N-dealkylation sites (tertiary alicyclic amines) is 1.